The van der Waals surface area contributed by atoms with Crippen molar-refractivity contribution in [1.82, 2.24) is 0 Å². The van der Waals surface area contributed by atoms with Crippen LogP contribution in [0.15, 0.2) is 47.4 Å². The molecule has 2 N–H and O–H groups in total. The predicted molar refractivity (Wildman–Crippen MR) is 79.5 cm³/mol. The second-order valence-corrected chi connectivity index (χ2v) is 6.55. The van der Waals surface area contributed by atoms with Gasteiger partial charge >= 0.3 is 0 Å². The minimum Gasteiger partial charge on any atom is -0.495 e. The number of nitrogens with two attached hydrogens (primary N) is 1. The summed E-state index contributed by atoms with van der Waals surface area (Å²) >= 11 is 0. The topological polar surface area (TPSA) is 69.4 Å². The minimum atomic E-state index is -3.48. The van der Waals surface area contributed by atoms with Gasteiger partial charge < -0.3 is 10.5 Å². The van der Waals surface area contributed by atoms with E-state index in [0.717, 1.165) is 11.1 Å². The van der Waals surface area contributed by atoms with Crippen molar-refractivity contribution in [3.63, 3.8) is 0 Å². The fourth-order valence-electron chi connectivity index (χ4n) is 2.00. The number of sulfone groups is 1. The molecule has 0 spiro atoms. The van der Waals surface area contributed by atoms with Crippen molar-refractivity contribution in [2.45, 2.75) is 17.6 Å². The van der Waals surface area contributed by atoms with Crippen LogP contribution >= 0.6 is 0 Å². The minimum absolute atomic E-state index is 0.0556. The van der Waals surface area contributed by atoms with Crippen LogP contribution in [0.5, 0.6) is 5.75 Å². The van der Waals surface area contributed by atoms with Crippen molar-refractivity contribution in [3.8, 4) is 5.75 Å². The van der Waals surface area contributed by atoms with Gasteiger partial charge in [0.25, 0.3) is 0 Å². The first-order valence-electron chi connectivity index (χ1n) is 6.15. The van der Waals surface area contributed by atoms with Crippen LogP contribution in [-0.2, 0) is 15.6 Å². The molecule has 0 radical (unpaired) electrons. The van der Waals surface area contributed by atoms with E-state index in [1.165, 1.54) is 19.2 Å². The lowest BCUT2D eigenvalue weighted by Gasteiger charge is -2.11. The van der Waals surface area contributed by atoms with E-state index in [1.54, 1.807) is 6.07 Å². The Kier molecular flexibility index (Phi) is 3.99. The smallest absolute Gasteiger partial charge is 0.186 e. The maximum Gasteiger partial charge on any atom is 0.186 e. The maximum atomic E-state index is 12.5. The number of benzene rings is 2. The van der Waals surface area contributed by atoms with Gasteiger partial charge in [-0.1, -0.05) is 24.3 Å². The molecule has 0 saturated carbocycles. The highest BCUT2D eigenvalue weighted by molar-refractivity contribution is 7.90. The SMILES string of the molecule is COc1cc(N)ccc1S(=O)(=O)Cc1ccccc1C. The second-order valence-electron chi connectivity index (χ2n) is 4.60. The van der Waals surface area contributed by atoms with Gasteiger partial charge in [-0.15, -0.1) is 0 Å². The molecule has 2 rings (SSSR count). The van der Waals surface area contributed by atoms with Crippen LogP contribution in [0.2, 0.25) is 0 Å². The molecule has 0 aliphatic carbocycles. The molecule has 0 aromatic heterocycles. The Morgan fingerprint density at radius 1 is 1.15 bits per heavy atom. The fourth-order valence-corrected chi connectivity index (χ4v) is 3.61. The van der Waals surface area contributed by atoms with Crippen LogP contribution < -0.4 is 10.5 Å². The van der Waals surface area contributed by atoms with Gasteiger partial charge in [0.15, 0.2) is 9.84 Å². The van der Waals surface area contributed by atoms with E-state index < -0.39 is 9.84 Å². The van der Waals surface area contributed by atoms with Gasteiger partial charge in [-0.05, 0) is 30.2 Å². The summed E-state index contributed by atoms with van der Waals surface area (Å²) in [6.45, 7) is 1.89. The highest BCUT2D eigenvalue weighted by atomic mass is 32.2. The van der Waals surface area contributed by atoms with Crippen LogP contribution in [0.25, 0.3) is 0 Å². The molecule has 0 fully saturated rings. The molecule has 2 aromatic carbocycles. The van der Waals surface area contributed by atoms with Gasteiger partial charge in [-0.2, -0.15) is 0 Å². The average molecular weight is 291 g/mol. The van der Waals surface area contributed by atoms with Crippen molar-refractivity contribution in [3.05, 3.63) is 53.6 Å². The zero-order valence-corrected chi connectivity index (χ0v) is 12.3. The summed E-state index contributed by atoms with van der Waals surface area (Å²) in [6.07, 6.45) is 0. The number of hydrogen-bond donors (Lipinski definition) is 1. The van der Waals surface area contributed by atoms with E-state index in [2.05, 4.69) is 0 Å². The highest BCUT2D eigenvalue weighted by Crippen LogP contribution is 2.29. The summed E-state index contributed by atoms with van der Waals surface area (Å²) in [5.74, 6) is 0.221. The van der Waals surface area contributed by atoms with Gasteiger partial charge in [0.05, 0.1) is 12.9 Å². The number of nitrogen functional groups attached to an aromatic ring is 1. The molecular weight excluding hydrogens is 274 g/mol. The molecule has 0 amide bonds. The average Bonchev–Trinajstić information content (AvgIpc) is 2.40. The van der Waals surface area contributed by atoms with Crippen LogP contribution in [0, 0.1) is 6.92 Å². The van der Waals surface area contributed by atoms with Crippen molar-refractivity contribution in [2.24, 2.45) is 0 Å². The predicted octanol–water partition coefficient (Wildman–Crippen LogP) is 2.56. The molecule has 0 saturated heterocycles. The number of hydrogen-bond acceptors (Lipinski definition) is 4. The summed E-state index contributed by atoms with van der Waals surface area (Å²) in [6, 6.07) is 12.0. The van der Waals surface area contributed by atoms with Gasteiger partial charge in [0, 0.05) is 11.8 Å². The van der Waals surface area contributed by atoms with Gasteiger partial charge in [0.2, 0.25) is 0 Å². The van der Waals surface area contributed by atoms with E-state index in [0.29, 0.717) is 5.69 Å². The first-order chi connectivity index (χ1) is 9.44. The van der Waals surface area contributed by atoms with Crippen molar-refractivity contribution < 1.29 is 13.2 Å². The summed E-state index contributed by atoms with van der Waals surface area (Å²) in [4.78, 5) is 0.164. The molecule has 2 aromatic rings. The number of methoxy groups -OCH3 is 1. The van der Waals surface area contributed by atoms with Crippen LogP contribution in [0.3, 0.4) is 0 Å². The lowest BCUT2D eigenvalue weighted by atomic mass is 10.1. The first kappa shape index (κ1) is 14.4. The van der Waals surface area contributed by atoms with Crippen molar-refractivity contribution >= 4 is 15.5 Å². The summed E-state index contributed by atoms with van der Waals surface area (Å²) in [5.41, 5.74) is 7.85. The van der Waals surface area contributed by atoms with Gasteiger partial charge in [-0.25, -0.2) is 8.42 Å². The summed E-state index contributed by atoms with van der Waals surface area (Å²) in [7, 11) is -2.04. The second kappa shape index (κ2) is 5.54. The molecule has 0 unspecified atom stereocenters. The lowest BCUT2D eigenvalue weighted by molar-refractivity contribution is 0.403. The molecule has 4 nitrogen and oxygen atoms in total. The molecule has 0 atom stereocenters. The monoisotopic (exact) mass is 291 g/mol. The largest absolute Gasteiger partial charge is 0.495 e. The fraction of sp³-hybridized carbons (Fsp3) is 0.200. The van der Waals surface area contributed by atoms with Crippen LogP contribution in [-0.4, -0.2) is 15.5 Å². The first-order valence-corrected chi connectivity index (χ1v) is 7.80. The molecule has 106 valence electrons. The Hall–Kier alpha value is -2.01. The number of rotatable bonds is 4. The third-order valence-corrected chi connectivity index (χ3v) is 4.83. The van der Waals surface area contributed by atoms with Crippen molar-refractivity contribution in [1.29, 1.82) is 0 Å². The quantitative estimate of drug-likeness (QED) is 0.879. The third kappa shape index (κ3) is 2.93. The Labute approximate surface area is 119 Å². The molecular formula is C15H17NO3S. The summed E-state index contributed by atoms with van der Waals surface area (Å²) < 4.78 is 30.2. The highest BCUT2D eigenvalue weighted by Gasteiger charge is 2.21. The van der Waals surface area contributed by atoms with E-state index in [1.807, 2.05) is 31.2 Å². The third-order valence-electron chi connectivity index (χ3n) is 3.13. The zero-order chi connectivity index (χ0) is 14.8. The van der Waals surface area contributed by atoms with Gasteiger partial charge in [-0.3, -0.25) is 0 Å². The molecule has 0 aliphatic rings. The Balaban J connectivity index is 2.44. The lowest BCUT2D eigenvalue weighted by Crippen LogP contribution is -2.08. The van der Waals surface area contributed by atoms with E-state index in [-0.39, 0.29) is 16.4 Å². The molecule has 0 bridgehead atoms. The number of ether oxygens (including phenoxy) is 1. The van der Waals surface area contributed by atoms with E-state index in [4.69, 9.17) is 10.5 Å². The number of aryl methyl sites for hydroxylation is 1. The molecule has 5 heteroatoms. The van der Waals surface area contributed by atoms with Crippen LogP contribution in [0.4, 0.5) is 5.69 Å². The van der Waals surface area contributed by atoms with Crippen LogP contribution in [0.1, 0.15) is 11.1 Å². The zero-order valence-electron chi connectivity index (χ0n) is 11.5. The van der Waals surface area contributed by atoms with E-state index >= 15 is 0 Å². The maximum absolute atomic E-state index is 12.5. The Morgan fingerprint density at radius 3 is 2.50 bits per heavy atom. The molecule has 0 heterocycles. The Bertz CT molecular complexity index is 724. The number of anilines is 1. The Morgan fingerprint density at radius 2 is 1.85 bits per heavy atom. The molecule has 20 heavy (non-hydrogen) atoms. The van der Waals surface area contributed by atoms with Crippen molar-refractivity contribution in [2.75, 3.05) is 12.8 Å². The summed E-state index contributed by atoms with van der Waals surface area (Å²) in [5, 5.41) is 0. The standard InChI is InChI=1S/C15H17NO3S/c1-11-5-3-4-6-12(11)10-20(17,18)15-8-7-13(16)9-14(15)19-2/h3-9H,10,16H2,1-2H3. The van der Waals surface area contributed by atoms with E-state index in [9.17, 15) is 8.42 Å². The molecule has 0 aliphatic heterocycles. The van der Waals surface area contributed by atoms with Gasteiger partial charge in [0.1, 0.15) is 10.6 Å². The normalized spacial score (nSPS) is 11.3.